The van der Waals surface area contributed by atoms with E-state index < -0.39 is 5.97 Å². The SMILES string of the molecule is CCC1CCCC(N(CC(=O)O)C(C)CC)C1. The van der Waals surface area contributed by atoms with Gasteiger partial charge in [-0.05, 0) is 32.1 Å². The van der Waals surface area contributed by atoms with Crippen LogP contribution < -0.4 is 0 Å². The molecule has 1 aliphatic rings. The van der Waals surface area contributed by atoms with Crippen molar-refractivity contribution in [3.05, 3.63) is 0 Å². The first kappa shape index (κ1) is 14.5. The van der Waals surface area contributed by atoms with Gasteiger partial charge in [0.05, 0.1) is 6.54 Å². The van der Waals surface area contributed by atoms with Gasteiger partial charge in [-0.2, -0.15) is 0 Å². The third-order valence-electron chi connectivity index (χ3n) is 4.28. The Hall–Kier alpha value is -0.570. The van der Waals surface area contributed by atoms with Gasteiger partial charge in [0.25, 0.3) is 0 Å². The summed E-state index contributed by atoms with van der Waals surface area (Å²) in [5.74, 6) is 0.109. The van der Waals surface area contributed by atoms with Crippen molar-refractivity contribution in [2.75, 3.05) is 6.54 Å². The zero-order chi connectivity index (χ0) is 12.8. The van der Waals surface area contributed by atoms with E-state index in [0.29, 0.717) is 12.1 Å². The van der Waals surface area contributed by atoms with Gasteiger partial charge in [-0.15, -0.1) is 0 Å². The summed E-state index contributed by atoms with van der Waals surface area (Å²) in [6, 6.07) is 0.867. The monoisotopic (exact) mass is 241 g/mol. The Morgan fingerprint density at radius 3 is 2.65 bits per heavy atom. The first-order chi connectivity index (χ1) is 8.08. The third-order valence-corrected chi connectivity index (χ3v) is 4.28. The minimum atomic E-state index is -0.691. The molecule has 17 heavy (non-hydrogen) atoms. The summed E-state index contributed by atoms with van der Waals surface area (Å²) in [6.45, 7) is 6.74. The Morgan fingerprint density at radius 2 is 2.12 bits per heavy atom. The molecule has 3 atom stereocenters. The Bertz CT molecular complexity index is 242. The predicted octanol–water partition coefficient (Wildman–Crippen LogP) is 3.14. The number of rotatable bonds is 6. The number of carbonyl (C=O) groups is 1. The van der Waals surface area contributed by atoms with Gasteiger partial charge in [0, 0.05) is 12.1 Å². The number of carboxylic acid groups (broad SMARTS) is 1. The largest absolute Gasteiger partial charge is 0.480 e. The molecule has 1 rings (SSSR count). The molecule has 0 spiro atoms. The maximum atomic E-state index is 11.0. The molecule has 1 aliphatic carbocycles. The third kappa shape index (κ3) is 4.30. The van der Waals surface area contributed by atoms with Gasteiger partial charge in [-0.25, -0.2) is 0 Å². The fraction of sp³-hybridized carbons (Fsp3) is 0.929. The number of hydrogen-bond donors (Lipinski definition) is 1. The van der Waals surface area contributed by atoms with Gasteiger partial charge in [-0.3, -0.25) is 9.69 Å². The molecule has 100 valence electrons. The fourth-order valence-electron chi connectivity index (χ4n) is 2.97. The average molecular weight is 241 g/mol. The maximum absolute atomic E-state index is 11.0. The fourth-order valence-corrected chi connectivity index (χ4v) is 2.97. The van der Waals surface area contributed by atoms with E-state index in [1.54, 1.807) is 0 Å². The second-order valence-corrected chi connectivity index (χ2v) is 5.42. The molecule has 1 saturated carbocycles. The first-order valence-electron chi connectivity index (χ1n) is 7.05. The van der Waals surface area contributed by atoms with Crippen LogP contribution in [0.3, 0.4) is 0 Å². The van der Waals surface area contributed by atoms with Crippen LogP contribution in [0.2, 0.25) is 0 Å². The van der Waals surface area contributed by atoms with Crippen molar-refractivity contribution in [1.29, 1.82) is 0 Å². The molecule has 0 radical (unpaired) electrons. The van der Waals surface area contributed by atoms with Crippen LogP contribution in [-0.4, -0.2) is 34.6 Å². The van der Waals surface area contributed by atoms with Crippen LogP contribution in [0.5, 0.6) is 0 Å². The zero-order valence-electron chi connectivity index (χ0n) is 11.5. The van der Waals surface area contributed by atoms with Crippen LogP contribution in [-0.2, 0) is 4.79 Å². The molecule has 0 aromatic heterocycles. The summed E-state index contributed by atoms with van der Waals surface area (Å²) in [5, 5.41) is 9.04. The quantitative estimate of drug-likeness (QED) is 0.776. The molecule has 1 N–H and O–H groups in total. The van der Waals surface area contributed by atoms with Gasteiger partial charge in [0.1, 0.15) is 0 Å². The van der Waals surface area contributed by atoms with E-state index in [9.17, 15) is 4.79 Å². The number of carboxylic acids is 1. The molecular weight excluding hydrogens is 214 g/mol. The molecule has 0 bridgehead atoms. The highest BCUT2D eigenvalue weighted by molar-refractivity contribution is 5.69. The highest BCUT2D eigenvalue weighted by Gasteiger charge is 2.29. The lowest BCUT2D eigenvalue weighted by Crippen LogP contribution is -2.46. The van der Waals surface area contributed by atoms with E-state index in [2.05, 4.69) is 25.7 Å². The van der Waals surface area contributed by atoms with Crippen molar-refractivity contribution in [3.8, 4) is 0 Å². The van der Waals surface area contributed by atoms with Crippen LogP contribution in [0.15, 0.2) is 0 Å². The summed E-state index contributed by atoms with van der Waals surface area (Å²) < 4.78 is 0. The smallest absolute Gasteiger partial charge is 0.317 e. The van der Waals surface area contributed by atoms with Crippen molar-refractivity contribution < 1.29 is 9.90 Å². The second-order valence-electron chi connectivity index (χ2n) is 5.42. The molecule has 1 fully saturated rings. The Kier molecular flexibility index (Phi) is 5.96. The summed E-state index contributed by atoms with van der Waals surface area (Å²) in [5.41, 5.74) is 0. The average Bonchev–Trinajstić information content (AvgIpc) is 2.35. The zero-order valence-corrected chi connectivity index (χ0v) is 11.5. The van der Waals surface area contributed by atoms with Crippen molar-refractivity contribution in [2.24, 2.45) is 5.92 Å². The minimum absolute atomic E-state index is 0.204. The number of nitrogens with zero attached hydrogens (tertiary/aromatic N) is 1. The van der Waals surface area contributed by atoms with E-state index in [1.807, 2.05) is 0 Å². The molecule has 0 aliphatic heterocycles. The van der Waals surface area contributed by atoms with E-state index in [1.165, 1.54) is 32.1 Å². The molecule has 0 aromatic rings. The molecule has 0 amide bonds. The topological polar surface area (TPSA) is 40.5 Å². The number of hydrogen-bond acceptors (Lipinski definition) is 2. The van der Waals surface area contributed by atoms with Crippen LogP contribution >= 0.6 is 0 Å². The Labute approximate surface area is 105 Å². The van der Waals surface area contributed by atoms with E-state index in [0.717, 1.165) is 12.3 Å². The van der Waals surface area contributed by atoms with Crippen LogP contribution in [0.4, 0.5) is 0 Å². The van der Waals surface area contributed by atoms with Gasteiger partial charge in [0.15, 0.2) is 0 Å². The molecule has 0 heterocycles. The normalized spacial score (nSPS) is 27.1. The van der Waals surface area contributed by atoms with Crippen molar-refractivity contribution in [2.45, 2.75) is 71.4 Å². The predicted molar refractivity (Wildman–Crippen MR) is 70.1 cm³/mol. The maximum Gasteiger partial charge on any atom is 0.317 e. The van der Waals surface area contributed by atoms with Gasteiger partial charge in [0.2, 0.25) is 0 Å². The van der Waals surface area contributed by atoms with E-state index in [4.69, 9.17) is 5.11 Å². The summed E-state index contributed by atoms with van der Waals surface area (Å²) in [4.78, 5) is 13.2. The van der Waals surface area contributed by atoms with Crippen LogP contribution in [0.1, 0.15) is 59.3 Å². The molecule has 3 unspecified atom stereocenters. The summed E-state index contributed by atoms with van der Waals surface area (Å²) in [7, 11) is 0. The lowest BCUT2D eigenvalue weighted by Gasteiger charge is -2.39. The van der Waals surface area contributed by atoms with E-state index in [-0.39, 0.29) is 6.54 Å². The lowest BCUT2D eigenvalue weighted by atomic mass is 9.83. The molecule has 0 aromatic carbocycles. The van der Waals surface area contributed by atoms with E-state index >= 15 is 0 Å². The first-order valence-corrected chi connectivity index (χ1v) is 7.05. The highest BCUT2D eigenvalue weighted by Crippen LogP contribution is 2.30. The summed E-state index contributed by atoms with van der Waals surface area (Å²) in [6.07, 6.45) is 7.21. The standard InChI is InChI=1S/C14H27NO2/c1-4-11(3)15(10-14(16)17)13-8-6-7-12(5-2)9-13/h11-13H,4-10H2,1-3H3,(H,16,17). The highest BCUT2D eigenvalue weighted by atomic mass is 16.4. The minimum Gasteiger partial charge on any atom is -0.480 e. The summed E-state index contributed by atoms with van der Waals surface area (Å²) >= 11 is 0. The van der Waals surface area contributed by atoms with Crippen LogP contribution in [0, 0.1) is 5.92 Å². The lowest BCUT2D eigenvalue weighted by molar-refractivity contribution is -0.140. The van der Waals surface area contributed by atoms with Crippen LogP contribution in [0.25, 0.3) is 0 Å². The molecule has 0 saturated heterocycles. The van der Waals surface area contributed by atoms with Crippen molar-refractivity contribution in [1.82, 2.24) is 4.90 Å². The Morgan fingerprint density at radius 1 is 1.41 bits per heavy atom. The molecular formula is C14H27NO2. The Balaban J connectivity index is 2.64. The van der Waals surface area contributed by atoms with Gasteiger partial charge >= 0.3 is 5.97 Å². The van der Waals surface area contributed by atoms with Crippen molar-refractivity contribution in [3.63, 3.8) is 0 Å². The second kappa shape index (κ2) is 7.00. The number of aliphatic carboxylic acids is 1. The van der Waals surface area contributed by atoms with Gasteiger partial charge in [-0.1, -0.05) is 33.1 Å². The molecule has 3 nitrogen and oxygen atoms in total. The molecule has 3 heteroatoms. The van der Waals surface area contributed by atoms with Gasteiger partial charge < -0.3 is 5.11 Å². The van der Waals surface area contributed by atoms with Crippen molar-refractivity contribution >= 4 is 5.97 Å².